The van der Waals surface area contributed by atoms with E-state index >= 15 is 0 Å². The molecule has 44 heavy (non-hydrogen) atoms. The minimum atomic E-state index is -0.641. The minimum Gasteiger partial charge on any atom is -0.505 e. The molecule has 0 spiro atoms. The zero-order valence-corrected chi connectivity index (χ0v) is 23.0. The van der Waals surface area contributed by atoms with Crippen LogP contribution in [0, 0.1) is 6.57 Å². The van der Waals surface area contributed by atoms with Gasteiger partial charge in [0.2, 0.25) is 6.41 Å². The van der Waals surface area contributed by atoms with E-state index in [1.54, 1.807) is 48.5 Å². The molecule has 5 rings (SSSR count). The van der Waals surface area contributed by atoms with E-state index in [4.69, 9.17) is 6.57 Å². The van der Waals surface area contributed by atoms with Crippen molar-refractivity contribution in [3.05, 3.63) is 102 Å². The summed E-state index contributed by atoms with van der Waals surface area (Å²) in [5.41, 5.74) is 0.630. The number of rotatable bonds is 11. The van der Waals surface area contributed by atoms with E-state index in [1.807, 2.05) is 0 Å². The summed E-state index contributed by atoms with van der Waals surface area (Å²) in [6, 6.07) is 16.5. The number of anilines is 1. The minimum absolute atomic E-state index is 0.0244. The van der Waals surface area contributed by atoms with E-state index in [-0.39, 0.29) is 34.3 Å². The summed E-state index contributed by atoms with van der Waals surface area (Å²) in [6.45, 7) is 8.22. The maximum Gasteiger partial charge on any atom is 0.260 e. The highest BCUT2D eigenvalue weighted by Gasteiger charge is 2.22. The molecule has 0 atom stereocenters. The Morgan fingerprint density at radius 2 is 1.80 bits per heavy atom. The van der Waals surface area contributed by atoms with Crippen LogP contribution in [-0.2, 0) is 4.79 Å². The van der Waals surface area contributed by atoms with Crippen LogP contribution in [-0.4, -0.2) is 56.2 Å². The lowest BCUT2D eigenvalue weighted by Crippen LogP contribution is -2.27. The Hall–Kier alpha value is -6.49. The molecule has 0 aliphatic heterocycles. The Morgan fingerprint density at radius 1 is 1.00 bits per heavy atom. The van der Waals surface area contributed by atoms with Gasteiger partial charge in [0.15, 0.2) is 11.6 Å². The molecule has 0 unspecified atom stereocenters. The predicted octanol–water partition coefficient (Wildman–Crippen LogP) is 4.61. The van der Waals surface area contributed by atoms with Gasteiger partial charge in [-0.2, -0.15) is 9.78 Å². The van der Waals surface area contributed by atoms with Gasteiger partial charge in [-0.15, -0.1) is 10.2 Å². The lowest BCUT2D eigenvalue weighted by Gasteiger charge is -2.13. The average molecular weight is 589 g/mol. The topological polar surface area (TPSA) is 180 Å². The number of hydrogen-bond donors (Lipinski definition) is 4. The average Bonchev–Trinajstić information content (AvgIpc) is 3.47. The van der Waals surface area contributed by atoms with Crippen molar-refractivity contribution in [1.82, 2.24) is 30.4 Å². The van der Waals surface area contributed by atoms with Gasteiger partial charge in [-0.25, -0.2) is 14.8 Å². The second-order valence-corrected chi connectivity index (χ2v) is 9.18. The van der Waals surface area contributed by atoms with Gasteiger partial charge in [-0.05, 0) is 53.6 Å². The van der Waals surface area contributed by atoms with Crippen LogP contribution in [0.15, 0.2) is 89.5 Å². The van der Waals surface area contributed by atoms with E-state index in [2.05, 4.69) is 46.1 Å². The molecule has 3 amide bonds. The van der Waals surface area contributed by atoms with Crippen LogP contribution < -0.4 is 16.0 Å². The number of amides is 3. The number of aromatic hydroxyl groups is 1. The molecule has 3 aromatic carbocycles. The Balaban J connectivity index is 1.56. The normalized spacial score (nSPS) is 10.8. The van der Waals surface area contributed by atoms with E-state index in [9.17, 15) is 19.5 Å². The molecule has 14 heteroatoms. The number of carbonyl (C=O) groups excluding carboxylic acids is 3. The maximum absolute atomic E-state index is 13.6. The predicted molar refractivity (Wildman–Crippen MR) is 161 cm³/mol. The second kappa shape index (κ2) is 13.4. The summed E-state index contributed by atoms with van der Waals surface area (Å²) >= 11 is 0. The highest BCUT2D eigenvalue weighted by molar-refractivity contribution is 6.17. The van der Waals surface area contributed by atoms with Crippen LogP contribution in [0.4, 0.5) is 22.9 Å². The summed E-state index contributed by atoms with van der Waals surface area (Å²) < 4.78 is 1.23. The number of phenols is 1. The van der Waals surface area contributed by atoms with Crippen molar-refractivity contribution in [2.45, 2.75) is 6.42 Å². The zero-order chi connectivity index (χ0) is 30.9. The van der Waals surface area contributed by atoms with Crippen molar-refractivity contribution < 1.29 is 19.5 Å². The van der Waals surface area contributed by atoms with Gasteiger partial charge in [0, 0.05) is 36.7 Å². The first-order valence-corrected chi connectivity index (χ1v) is 13.3. The summed E-state index contributed by atoms with van der Waals surface area (Å²) in [4.78, 5) is 48.5. The third-order valence-electron chi connectivity index (χ3n) is 6.32. The monoisotopic (exact) mass is 588 g/mol. The molecule has 5 aromatic rings. The number of azo groups is 1. The third kappa shape index (κ3) is 6.37. The molecule has 0 aliphatic carbocycles. The lowest BCUT2D eigenvalue weighted by atomic mass is 9.98. The summed E-state index contributed by atoms with van der Waals surface area (Å²) in [5, 5.41) is 32.7. The Morgan fingerprint density at radius 3 is 2.55 bits per heavy atom. The van der Waals surface area contributed by atoms with E-state index in [0.29, 0.717) is 42.4 Å². The Bertz CT molecular complexity index is 1900. The van der Waals surface area contributed by atoms with Crippen molar-refractivity contribution in [2.24, 2.45) is 10.2 Å². The van der Waals surface area contributed by atoms with Gasteiger partial charge in [0.1, 0.15) is 5.69 Å². The van der Waals surface area contributed by atoms with Gasteiger partial charge < -0.3 is 21.1 Å². The molecule has 2 aromatic heterocycles. The third-order valence-corrected chi connectivity index (χ3v) is 6.32. The number of phenolic OH excluding ortho intramolecular Hbond substituents is 1. The maximum atomic E-state index is 13.6. The van der Waals surface area contributed by atoms with Gasteiger partial charge in [-0.1, -0.05) is 24.3 Å². The molecule has 0 aliphatic rings. The summed E-state index contributed by atoms with van der Waals surface area (Å²) in [6.07, 6.45) is 5.43. The highest BCUT2D eigenvalue weighted by atomic mass is 16.3. The molecule has 14 nitrogen and oxygen atoms in total. The molecule has 218 valence electrons. The second-order valence-electron chi connectivity index (χ2n) is 9.18. The number of para-hydroxylation sites is 1. The summed E-state index contributed by atoms with van der Waals surface area (Å²) in [7, 11) is 0. The first-order valence-electron chi connectivity index (χ1n) is 13.3. The highest BCUT2D eigenvalue weighted by Crippen LogP contribution is 2.40. The number of fused-ring (bicyclic) bond motifs is 1. The van der Waals surface area contributed by atoms with Gasteiger partial charge in [-0.3, -0.25) is 14.4 Å². The number of benzene rings is 3. The molecular formula is C30H24N10O4. The molecule has 0 saturated carbocycles. The Kier molecular flexibility index (Phi) is 8.87. The molecule has 0 radical (unpaired) electrons. The van der Waals surface area contributed by atoms with Gasteiger partial charge >= 0.3 is 0 Å². The number of aromatic nitrogens is 4. The first-order chi connectivity index (χ1) is 21.5. The number of nitrogens with one attached hydrogen (secondary N) is 3. The van der Waals surface area contributed by atoms with Crippen LogP contribution in [0.2, 0.25) is 0 Å². The van der Waals surface area contributed by atoms with Crippen molar-refractivity contribution in [1.29, 1.82) is 0 Å². The standard InChI is InChI=1S/C30H24N10O4/c1-31-24-17-36-40(30-34-13-6-14-35-30)27(24)39-38-23-16-19-9-10-20(28(43)33-12-5-11-32-18-41)15-22(19)25(26(23)42)29(44)37-21-7-3-2-4-8-21/h2-4,6-10,13-18,42H,5,11-12H2,(H,32,41)(H,33,43)(H,37,44). The fraction of sp³-hybridized carbons (Fsp3) is 0.100. The SMILES string of the molecule is [C-]#[N+]c1cnn(-c2ncccn2)c1N=Nc1cc2ccc(C(=O)NCCCNC=O)cc2c(C(=O)Nc2ccccc2)c1O. The van der Waals surface area contributed by atoms with Gasteiger partial charge in [0.05, 0.1) is 18.3 Å². The zero-order valence-electron chi connectivity index (χ0n) is 23.0. The van der Waals surface area contributed by atoms with Crippen LogP contribution in [0.1, 0.15) is 27.1 Å². The van der Waals surface area contributed by atoms with E-state index in [1.165, 1.54) is 35.4 Å². The molecule has 0 bridgehead atoms. The Labute approximate surface area is 250 Å². The fourth-order valence-corrected chi connectivity index (χ4v) is 4.24. The quantitative estimate of drug-likeness (QED) is 0.0752. The van der Waals surface area contributed by atoms with Crippen LogP contribution in [0.25, 0.3) is 21.6 Å². The van der Waals surface area contributed by atoms with Crippen LogP contribution in [0.3, 0.4) is 0 Å². The largest absolute Gasteiger partial charge is 0.505 e. The van der Waals surface area contributed by atoms with E-state index < -0.39 is 17.6 Å². The van der Waals surface area contributed by atoms with Crippen LogP contribution in [0.5, 0.6) is 5.75 Å². The molecule has 2 heterocycles. The number of carbonyl (C=O) groups is 3. The van der Waals surface area contributed by atoms with Crippen molar-refractivity contribution in [2.75, 3.05) is 18.4 Å². The fourth-order valence-electron chi connectivity index (χ4n) is 4.24. The van der Waals surface area contributed by atoms with Crippen molar-refractivity contribution in [3.8, 4) is 11.7 Å². The molecule has 0 saturated heterocycles. The van der Waals surface area contributed by atoms with Gasteiger partial charge in [0.25, 0.3) is 23.5 Å². The number of hydrogen-bond acceptors (Lipinski definition) is 9. The van der Waals surface area contributed by atoms with Crippen molar-refractivity contribution in [3.63, 3.8) is 0 Å². The molecular weight excluding hydrogens is 564 g/mol. The lowest BCUT2D eigenvalue weighted by molar-refractivity contribution is -0.109. The first kappa shape index (κ1) is 29.0. The van der Waals surface area contributed by atoms with Crippen molar-refractivity contribution >= 4 is 51.9 Å². The molecule has 4 N–H and O–H groups in total. The molecule has 0 fully saturated rings. The smallest absolute Gasteiger partial charge is 0.260 e. The van der Waals surface area contributed by atoms with E-state index in [0.717, 1.165) is 0 Å². The van der Waals surface area contributed by atoms with Crippen LogP contribution >= 0.6 is 0 Å². The summed E-state index contributed by atoms with van der Waals surface area (Å²) in [5.74, 6) is -1.33. The number of nitrogens with zero attached hydrogens (tertiary/aromatic N) is 7.